The molecule has 14 heavy (non-hydrogen) atoms. The molecule has 0 bridgehead atoms. The first-order chi connectivity index (χ1) is 6.75. The molecule has 1 aliphatic carbocycles. The van der Waals surface area contributed by atoms with Gasteiger partial charge in [-0.25, -0.2) is 0 Å². The van der Waals surface area contributed by atoms with Crippen LogP contribution in [-0.2, 0) is 4.79 Å². The molecular formula is C10H17N3O. The summed E-state index contributed by atoms with van der Waals surface area (Å²) in [4.78, 5) is 10.9. The highest BCUT2D eigenvalue weighted by atomic mass is 16.1. The fraction of sp³-hybridized carbons (Fsp3) is 0.700. The molecule has 1 unspecified atom stereocenters. The summed E-state index contributed by atoms with van der Waals surface area (Å²) in [6.07, 6.45) is 6.30. The van der Waals surface area contributed by atoms with Gasteiger partial charge in [-0.15, -0.1) is 0 Å². The molecule has 4 nitrogen and oxygen atoms in total. The van der Waals surface area contributed by atoms with Crippen molar-refractivity contribution in [2.75, 3.05) is 6.54 Å². The number of carbonyl (C=O) groups is 1. The van der Waals surface area contributed by atoms with Crippen LogP contribution >= 0.6 is 0 Å². The number of rotatable bonds is 2. The fourth-order valence-electron chi connectivity index (χ4n) is 2.11. The van der Waals surface area contributed by atoms with Crippen LogP contribution in [0.25, 0.3) is 0 Å². The summed E-state index contributed by atoms with van der Waals surface area (Å²) < 4.78 is 0. The average Bonchev–Trinajstić information content (AvgIpc) is 2.56. The van der Waals surface area contributed by atoms with E-state index >= 15 is 0 Å². The van der Waals surface area contributed by atoms with Crippen molar-refractivity contribution in [2.24, 2.45) is 5.73 Å². The molecule has 0 radical (unpaired) electrons. The Morgan fingerprint density at radius 3 is 2.86 bits per heavy atom. The van der Waals surface area contributed by atoms with Crippen LogP contribution in [0.5, 0.6) is 0 Å². The lowest BCUT2D eigenvalue weighted by atomic mass is 9.91. The predicted molar refractivity (Wildman–Crippen MR) is 54.5 cm³/mol. The van der Waals surface area contributed by atoms with Gasteiger partial charge in [0.15, 0.2) is 0 Å². The van der Waals surface area contributed by atoms with E-state index < -0.39 is 0 Å². The Kier molecular flexibility index (Phi) is 2.72. The van der Waals surface area contributed by atoms with Crippen LogP contribution < -0.4 is 16.4 Å². The topological polar surface area (TPSA) is 67.1 Å². The molecule has 1 heterocycles. The maximum atomic E-state index is 10.9. The van der Waals surface area contributed by atoms with E-state index in [4.69, 9.17) is 5.73 Å². The Morgan fingerprint density at radius 1 is 1.43 bits per heavy atom. The van der Waals surface area contributed by atoms with Gasteiger partial charge in [0.1, 0.15) is 0 Å². The van der Waals surface area contributed by atoms with Crippen molar-refractivity contribution in [3.63, 3.8) is 0 Å². The average molecular weight is 195 g/mol. The van der Waals surface area contributed by atoms with Crippen LogP contribution in [0.4, 0.5) is 0 Å². The number of nitrogens with two attached hydrogens (primary N) is 1. The van der Waals surface area contributed by atoms with Gasteiger partial charge in [-0.05, 0) is 12.8 Å². The van der Waals surface area contributed by atoms with E-state index in [9.17, 15) is 4.79 Å². The van der Waals surface area contributed by atoms with Gasteiger partial charge < -0.3 is 16.4 Å². The molecule has 0 saturated heterocycles. The Labute approximate surface area is 83.9 Å². The number of nitrogens with one attached hydrogen (secondary N) is 2. The second kappa shape index (κ2) is 4.00. The number of amides is 1. The number of hydrogen-bond donors (Lipinski definition) is 3. The number of carbonyl (C=O) groups excluding carboxylic acids is 1. The van der Waals surface area contributed by atoms with Gasteiger partial charge in [0.05, 0.1) is 6.54 Å². The lowest BCUT2D eigenvalue weighted by Gasteiger charge is -2.30. The quantitative estimate of drug-likeness (QED) is 0.574. The monoisotopic (exact) mass is 195 g/mol. The molecule has 78 valence electrons. The summed E-state index contributed by atoms with van der Waals surface area (Å²) in [6, 6.07) is 0.586. The van der Waals surface area contributed by atoms with E-state index in [1.54, 1.807) is 6.08 Å². The second-order valence-electron chi connectivity index (χ2n) is 4.09. The van der Waals surface area contributed by atoms with Crippen molar-refractivity contribution in [1.82, 2.24) is 10.6 Å². The normalized spacial score (nSPS) is 32.4. The maximum Gasteiger partial charge on any atom is 0.246 e. The molecule has 1 saturated carbocycles. The minimum absolute atomic E-state index is 0.00289. The zero-order valence-electron chi connectivity index (χ0n) is 8.25. The SMILES string of the molecule is NC1CCCC[C@H]1NC1=CC(=O)NC1. The Hall–Kier alpha value is -1.03. The first-order valence-corrected chi connectivity index (χ1v) is 5.26. The predicted octanol–water partition coefficient (Wildman–Crippen LogP) is -0.140. The summed E-state index contributed by atoms with van der Waals surface area (Å²) in [5.41, 5.74) is 6.98. The third-order valence-corrected chi connectivity index (χ3v) is 2.95. The first-order valence-electron chi connectivity index (χ1n) is 5.26. The smallest absolute Gasteiger partial charge is 0.246 e. The van der Waals surface area contributed by atoms with E-state index in [1.165, 1.54) is 12.8 Å². The van der Waals surface area contributed by atoms with Crippen LogP contribution in [0, 0.1) is 0 Å². The van der Waals surface area contributed by atoms with Gasteiger partial charge in [0.2, 0.25) is 5.91 Å². The van der Waals surface area contributed by atoms with Crippen molar-refractivity contribution < 1.29 is 4.79 Å². The highest BCUT2D eigenvalue weighted by Gasteiger charge is 2.23. The van der Waals surface area contributed by atoms with E-state index in [0.29, 0.717) is 12.6 Å². The Balaban J connectivity index is 1.89. The van der Waals surface area contributed by atoms with Gasteiger partial charge >= 0.3 is 0 Å². The van der Waals surface area contributed by atoms with Gasteiger partial charge in [0, 0.05) is 23.9 Å². The molecule has 0 spiro atoms. The third-order valence-electron chi connectivity index (χ3n) is 2.95. The minimum atomic E-state index is -0.00289. The molecule has 1 aliphatic heterocycles. The molecule has 2 atom stereocenters. The third kappa shape index (κ3) is 2.07. The number of hydrogen-bond acceptors (Lipinski definition) is 3. The molecular weight excluding hydrogens is 178 g/mol. The van der Waals surface area contributed by atoms with E-state index in [2.05, 4.69) is 10.6 Å². The molecule has 4 N–H and O–H groups in total. The zero-order chi connectivity index (χ0) is 9.97. The summed E-state index contributed by atoms with van der Waals surface area (Å²) in [7, 11) is 0. The van der Waals surface area contributed by atoms with E-state index in [1.807, 2.05) is 0 Å². The summed E-state index contributed by atoms with van der Waals surface area (Å²) >= 11 is 0. The van der Waals surface area contributed by atoms with Crippen LogP contribution in [0.1, 0.15) is 25.7 Å². The second-order valence-corrected chi connectivity index (χ2v) is 4.09. The Bertz CT molecular complexity index is 262. The lowest BCUT2D eigenvalue weighted by molar-refractivity contribution is -0.115. The molecule has 1 fully saturated rings. The van der Waals surface area contributed by atoms with E-state index in [0.717, 1.165) is 18.5 Å². The van der Waals surface area contributed by atoms with Gasteiger partial charge in [-0.2, -0.15) is 0 Å². The maximum absolute atomic E-state index is 10.9. The molecule has 0 aromatic carbocycles. The first kappa shape index (κ1) is 9.52. The van der Waals surface area contributed by atoms with Crippen LogP contribution in [0.2, 0.25) is 0 Å². The van der Waals surface area contributed by atoms with Crippen molar-refractivity contribution >= 4 is 5.91 Å². The molecule has 4 heteroatoms. The van der Waals surface area contributed by atoms with Crippen molar-refractivity contribution in [3.8, 4) is 0 Å². The molecule has 2 rings (SSSR count). The van der Waals surface area contributed by atoms with Crippen molar-refractivity contribution in [1.29, 1.82) is 0 Å². The Morgan fingerprint density at radius 2 is 2.21 bits per heavy atom. The van der Waals surface area contributed by atoms with Crippen LogP contribution in [0.3, 0.4) is 0 Å². The van der Waals surface area contributed by atoms with Crippen LogP contribution in [-0.4, -0.2) is 24.5 Å². The summed E-state index contributed by atoms with van der Waals surface area (Å²) in [5, 5.41) is 6.09. The standard InChI is InChI=1S/C10H17N3O/c11-8-3-1-2-4-9(8)13-7-5-10(14)12-6-7/h5,8-9,13H,1-4,6,11H2,(H,12,14)/t8?,9-/m1/s1. The zero-order valence-corrected chi connectivity index (χ0v) is 8.25. The molecule has 0 aromatic heterocycles. The molecule has 0 aromatic rings. The van der Waals surface area contributed by atoms with Crippen LogP contribution in [0.15, 0.2) is 11.8 Å². The highest BCUT2D eigenvalue weighted by molar-refractivity contribution is 5.90. The highest BCUT2D eigenvalue weighted by Crippen LogP contribution is 2.18. The van der Waals surface area contributed by atoms with Crippen molar-refractivity contribution in [3.05, 3.63) is 11.8 Å². The van der Waals surface area contributed by atoms with Gasteiger partial charge in [-0.3, -0.25) is 4.79 Å². The lowest BCUT2D eigenvalue weighted by Crippen LogP contribution is -2.47. The van der Waals surface area contributed by atoms with Crippen molar-refractivity contribution in [2.45, 2.75) is 37.8 Å². The molecule has 2 aliphatic rings. The largest absolute Gasteiger partial charge is 0.382 e. The van der Waals surface area contributed by atoms with Gasteiger partial charge in [0.25, 0.3) is 0 Å². The molecule has 1 amide bonds. The van der Waals surface area contributed by atoms with Gasteiger partial charge in [-0.1, -0.05) is 12.8 Å². The summed E-state index contributed by atoms with van der Waals surface area (Å²) in [6.45, 7) is 0.627. The van der Waals surface area contributed by atoms with E-state index in [-0.39, 0.29) is 11.9 Å². The summed E-state index contributed by atoms with van der Waals surface area (Å²) in [5.74, 6) is -0.00289. The minimum Gasteiger partial charge on any atom is -0.382 e. The fourth-order valence-corrected chi connectivity index (χ4v) is 2.11.